The second-order valence-electron chi connectivity index (χ2n) is 5.86. The van der Waals surface area contributed by atoms with Crippen molar-refractivity contribution >= 4 is 57.8 Å². The van der Waals surface area contributed by atoms with E-state index in [0.717, 1.165) is 47.6 Å². The summed E-state index contributed by atoms with van der Waals surface area (Å²) in [6.07, 6.45) is 0. The molecule has 0 spiro atoms. The Morgan fingerprint density at radius 1 is 0.920 bits per heavy atom. The molecule has 1 saturated heterocycles. The molecule has 132 valence electrons. The number of rotatable bonds is 3. The Bertz CT molecular complexity index is 744. The quantitative estimate of drug-likeness (QED) is 0.724. The molecule has 2 aromatic carbocycles. The number of thiocarbonyl (C=S) groups is 1. The molecule has 3 nitrogen and oxygen atoms in total. The van der Waals surface area contributed by atoms with Crippen LogP contribution < -0.4 is 10.2 Å². The van der Waals surface area contributed by atoms with E-state index in [-0.39, 0.29) is 0 Å². The summed E-state index contributed by atoms with van der Waals surface area (Å²) in [5.41, 5.74) is 2.25. The molecule has 1 N–H and O–H groups in total. The van der Waals surface area contributed by atoms with Gasteiger partial charge in [-0.3, -0.25) is 0 Å². The minimum Gasteiger partial charge on any atom is -0.368 e. The van der Waals surface area contributed by atoms with Crippen molar-refractivity contribution in [2.45, 2.75) is 6.54 Å². The van der Waals surface area contributed by atoms with Crippen LogP contribution in [0.4, 0.5) is 5.69 Å². The number of nitrogens with zero attached hydrogens (tertiary/aromatic N) is 2. The van der Waals surface area contributed by atoms with E-state index in [2.05, 4.69) is 15.1 Å². The lowest BCUT2D eigenvalue weighted by Crippen LogP contribution is -2.51. The fraction of sp³-hybridized carbons (Fsp3) is 0.278. The van der Waals surface area contributed by atoms with Crippen molar-refractivity contribution in [3.63, 3.8) is 0 Å². The average molecular weight is 415 g/mol. The molecular formula is C18H18Cl3N3S. The van der Waals surface area contributed by atoms with Gasteiger partial charge in [-0.2, -0.15) is 0 Å². The van der Waals surface area contributed by atoms with Gasteiger partial charge in [0.05, 0.1) is 10.0 Å². The van der Waals surface area contributed by atoms with E-state index in [9.17, 15) is 0 Å². The topological polar surface area (TPSA) is 18.5 Å². The number of piperazine rings is 1. The number of hydrogen-bond acceptors (Lipinski definition) is 2. The third-order valence-electron chi connectivity index (χ3n) is 4.19. The SMILES string of the molecule is S=C(NCc1ccc(Cl)cc1)N1CCN(c2ccc(Cl)c(Cl)c2)CC1. The zero-order chi connectivity index (χ0) is 17.8. The maximum absolute atomic E-state index is 6.11. The van der Waals surface area contributed by atoms with Crippen molar-refractivity contribution in [2.24, 2.45) is 0 Å². The fourth-order valence-corrected chi connectivity index (χ4v) is 3.41. The number of hydrogen-bond donors (Lipinski definition) is 1. The van der Waals surface area contributed by atoms with Crippen LogP contribution in [-0.2, 0) is 6.54 Å². The van der Waals surface area contributed by atoms with Gasteiger partial charge in [0.25, 0.3) is 0 Å². The normalized spacial score (nSPS) is 14.5. The lowest BCUT2D eigenvalue weighted by Gasteiger charge is -2.37. The second kappa shape index (κ2) is 8.45. The van der Waals surface area contributed by atoms with Crippen LogP contribution >= 0.6 is 47.0 Å². The van der Waals surface area contributed by atoms with Gasteiger partial charge < -0.3 is 15.1 Å². The lowest BCUT2D eigenvalue weighted by atomic mass is 10.2. The van der Waals surface area contributed by atoms with E-state index in [1.54, 1.807) is 0 Å². The van der Waals surface area contributed by atoms with Gasteiger partial charge in [0.1, 0.15) is 0 Å². The van der Waals surface area contributed by atoms with Crippen LogP contribution in [0.25, 0.3) is 0 Å². The molecule has 0 aromatic heterocycles. The summed E-state index contributed by atoms with van der Waals surface area (Å²) in [5, 5.41) is 6.00. The number of anilines is 1. The first-order chi connectivity index (χ1) is 12.0. The monoisotopic (exact) mass is 413 g/mol. The standard InChI is InChI=1S/C18H18Cl3N3S/c19-14-3-1-13(2-4-14)12-22-18(25)24-9-7-23(8-10-24)15-5-6-16(20)17(21)11-15/h1-6,11H,7-10,12H2,(H,22,25). The zero-order valence-electron chi connectivity index (χ0n) is 13.5. The highest BCUT2D eigenvalue weighted by Gasteiger charge is 2.19. The van der Waals surface area contributed by atoms with Gasteiger partial charge in [0.15, 0.2) is 5.11 Å². The van der Waals surface area contributed by atoms with Crippen LogP contribution in [0.5, 0.6) is 0 Å². The van der Waals surface area contributed by atoms with Crippen LogP contribution in [0.1, 0.15) is 5.56 Å². The van der Waals surface area contributed by atoms with Crippen molar-refractivity contribution in [1.82, 2.24) is 10.2 Å². The predicted octanol–water partition coefficient (Wildman–Crippen LogP) is 4.84. The molecule has 1 aliphatic rings. The van der Waals surface area contributed by atoms with E-state index in [4.69, 9.17) is 47.0 Å². The van der Waals surface area contributed by atoms with Crippen molar-refractivity contribution in [1.29, 1.82) is 0 Å². The van der Waals surface area contributed by atoms with Gasteiger partial charge in [-0.15, -0.1) is 0 Å². The van der Waals surface area contributed by atoms with Gasteiger partial charge in [0, 0.05) is 43.4 Å². The molecular weight excluding hydrogens is 397 g/mol. The Labute approximate surface area is 168 Å². The molecule has 1 fully saturated rings. The fourth-order valence-electron chi connectivity index (χ4n) is 2.74. The Hall–Kier alpha value is -1.20. The predicted molar refractivity (Wildman–Crippen MR) is 111 cm³/mol. The molecule has 7 heteroatoms. The highest BCUT2D eigenvalue weighted by Crippen LogP contribution is 2.27. The Morgan fingerprint density at radius 3 is 2.24 bits per heavy atom. The van der Waals surface area contributed by atoms with Gasteiger partial charge in [-0.25, -0.2) is 0 Å². The smallest absolute Gasteiger partial charge is 0.169 e. The zero-order valence-corrected chi connectivity index (χ0v) is 16.6. The summed E-state index contributed by atoms with van der Waals surface area (Å²) >= 11 is 23.5. The lowest BCUT2D eigenvalue weighted by molar-refractivity contribution is 0.380. The van der Waals surface area contributed by atoms with Crippen LogP contribution in [0, 0.1) is 0 Å². The minimum absolute atomic E-state index is 0.580. The van der Waals surface area contributed by atoms with Crippen LogP contribution in [0.2, 0.25) is 15.1 Å². The summed E-state index contributed by atoms with van der Waals surface area (Å²) in [5.74, 6) is 0. The third kappa shape index (κ3) is 4.91. The molecule has 0 radical (unpaired) electrons. The van der Waals surface area contributed by atoms with E-state index in [0.29, 0.717) is 16.6 Å². The largest absolute Gasteiger partial charge is 0.368 e. The van der Waals surface area contributed by atoms with Gasteiger partial charge in [-0.1, -0.05) is 46.9 Å². The van der Waals surface area contributed by atoms with Gasteiger partial charge in [0.2, 0.25) is 0 Å². The minimum atomic E-state index is 0.580. The first-order valence-electron chi connectivity index (χ1n) is 8.00. The van der Waals surface area contributed by atoms with E-state index < -0.39 is 0 Å². The van der Waals surface area contributed by atoms with Crippen molar-refractivity contribution < 1.29 is 0 Å². The molecule has 0 aliphatic carbocycles. The maximum Gasteiger partial charge on any atom is 0.169 e. The molecule has 0 amide bonds. The van der Waals surface area contributed by atoms with E-state index in [1.807, 2.05) is 42.5 Å². The molecule has 2 aromatic rings. The van der Waals surface area contributed by atoms with Crippen LogP contribution in [-0.4, -0.2) is 36.2 Å². The van der Waals surface area contributed by atoms with Gasteiger partial charge >= 0.3 is 0 Å². The summed E-state index contributed by atoms with van der Waals surface area (Å²) in [6, 6.07) is 13.5. The molecule has 0 saturated carbocycles. The first-order valence-corrected chi connectivity index (χ1v) is 9.54. The van der Waals surface area contributed by atoms with Crippen molar-refractivity contribution in [3.05, 3.63) is 63.1 Å². The second-order valence-corrected chi connectivity index (χ2v) is 7.50. The van der Waals surface area contributed by atoms with Crippen LogP contribution in [0.15, 0.2) is 42.5 Å². The van der Waals surface area contributed by atoms with Gasteiger partial charge in [-0.05, 0) is 48.1 Å². The number of benzene rings is 2. The molecule has 1 heterocycles. The summed E-state index contributed by atoms with van der Waals surface area (Å²) < 4.78 is 0. The van der Waals surface area contributed by atoms with Crippen molar-refractivity contribution in [3.8, 4) is 0 Å². The number of nitrogens with one attached hydrogen (secondary N) is 1. The summed E-state index contributed by atoms with van der Waals surface area (Å²) in [6.45, 7) is 4.21. The molecule has 0 atom stereocenters. The summed E-state index contributed by atoms with van der Waals surface area (Å²) in [7, 11) is 0. The summed E-state index contributed by atoms with van der Waals surface area (Å²) in [4.78, 5) is 4.49. The van der Waals surface area contributed by atoms with E-state index >= 15 is 0 Å². The highest BCUT2D eigenvalue weighted by molar-refractivity contribution is 7.80. The van der Waals surface area contributed by atoms with Crippen LogP contribution in [0.3, 0.4) is 0 Å². The Morgan fingerprint density at radius 2 is 1.60 bits per heavy atom. The maximum atomic E-state index is 6.11. The third-order valence-corrected chi connectivity index (χ3v) is 5.59. The Kier molecular flexibility index (Phi) is 6.29. The molecule has 25 heavy (non-hydrogen) atoms. The Balaban J connectivity index is 1.50. The molecule has 0 bridgehead atoms. The molecule has 0 unspecified atom stereocenters. The highest BCUT2D eigenvalue weighted by atomic mass is 35.5. The average Bonchev–Trinajstić information content (AvgIpc) is 2.63. The van der Waals surface area contributed by atoms with E-state index in [1.165, 1.54) is 0 Å². The van der Waals surface area contributed by atoms with Crippen molar-refractivity contribution in [2.75, 3.05) is 31.1 Å². The number of halogens is 3. The molecule has 1 aliphatic heterocycles. The molecule has 3 rings (SSSR count). The first kappa shape index (κ1) is 18.6.